The highest BCUT2D eigenvalue weighted by molar-refractivity contribution is 5.92. The molecule has 1 aliphatic carbocycles. The molecule has 6 rings (SSSR count). The van der Waals surface area contributed by atoms with Crippen molar-refractivity contribution in [3.8, 4) is 5.75 Å². The van der Waals surface area contributed by atoms with E-state index in [1.165, 1.54) is 12.1 Å². The molecule has 4 aromatic rings. The van der Waals surface area contributed by atoms with Crippen LogP contribution in [0.4, 0.5) is 20.2 Å². The largest absolute Gasteiger partial charge is 0.489 e. The van der Waals surface area contributed by atoms with Crippen LogP contribution in [0, 0.1) is 12.4 Å². The van der Waals surface area contributed by atoms with Gasteiger partial charge in [0, 0.05) is 43.5 Å². The number of imidazole rings is 1. The molecule has 1 saturated carbocycles. The van der Waals surface area contributed by atoms with Gasteiger partial charge in [0.25, 0.3) is 0 Å². The maximum Gasteiger partial charge on any atom is 0.335 e. The molecule has 210 valence electrons. The van der Waals surface area contributed by atoms with Gasteiger partial charge in [-0.05, 0) is 49.2 Å². The van der Waals surface area contributed by atoms with Gasteiger partial charge in [-0.15, -0.1) is 0 Å². The number of halogens is 2. The highest BCUT2D eigenvalue weighted by Crippen LogP contribution is 2.42. The summed E-state index contributed by atoms with van der Waals surface area (Å²) in [5.74, 6) is -0.101. The van der Waals surface area contributed by atoms with Gasteiger partial charge >= 0.3 is 5.97 Å². The summed E-state index contributed by atoms with van der Waals surface area (Å²) >= 11 is 0. The molecule has 0 spiro atoms. The number of hydrogen-bond acceptors (Lipinski definition) is 5. The standard InChI is InChI=1S/C31H29F2N5O3/c1-34-23-7-5-22(26(32)16-23)19-41-25-4-2-3-24(17-25)37-13-11-36(12-14-37)18-29-35-27-8-6-21(30(39)40)15-28(27)38(29)20-31(33)9-10-31/h2-8,15-17H,9-14,18-20H2,(H,39,40). The van der Waals surface area contributed by atoms with Gasteiger partial charge in [-0.3, -0.25) is 4.90 Å². The number of piperazine rings is 1. The van der Waals surface area contributed by atoms with E-state index in [9.17, 15) is 18.7 Å². The van der Waals surface area contributed by atoms with E-state index in [4.69, 9.17) is 16.3 Å². The molecule has 2 fully saturated rings. The minimum atomic E-state index is -1.25. The molecular formula is C31H29F2N5O3. The lowest BCUT2D eigenvalue weighted by atomic mass is 10.2. The van der Waals surface area contributed by atoms with Crippen LogP contribution < -0.4 is 9.64 Å². The zero-order valence-electron chi connectivity index (χ0n) is 22.4. The quantitative estimate of drug-likeness (QED) is 0.261. The number of carboxylic acid groups (broad SMARTS) is 1. The number of hydrogen-bond donors (Lipinski definition) is 1. The van der Waals surface area contributed by atoms with Gasteiger partial charge in [0.05, 0.1) is 36.3 Å². The van der Waals surface area contributed by atoms with Crippen LogP contribution in [0.2, 0.25) is 0 Å². The van der Waals surface area contributed by atoms with Crippen molar-refractivity contribution in [1.82, 2.24) is 14.5 Å². The molecule has 0 radical (unpaired) electrons. The number of fused-ring (bicyclic) bond motifs is 1. The fraction of sp³-hybridized carbons (Fsp3) is 0.323. The summed E-state index contributed by atoms with van der Waals surface area (Å²) in [4.78, 5) is 24.1. The Labute approximate surface area is 236 Å². The number of aromatic carboxylic acids is 1. The molecule has 3 aromatic carbocycles. The number of carboxylic acids is 1. The third-order valence-electron chi connectivity index (χ3n) is 7.79. The number of carbonyl (C=O) groups is 1. The molecule has 2 heterocycles. The van der Waals surface area contributed by atoms with Crippen molar-refractivity contribution in [2.45, 2.75) is 38.2 Å². The number of rotatable bonds is 9. The first-order valence-corrected chi connectivity index (χ1v) is 13.6. The molecule has 10 heteroatoms. The minimum Gasteiger partial charge on any atom is -0.489 e. The molecule has 0 atom stereocenters. The Bertz CT molecular complexity index is 1650. The molecule has 0 amide bonds. The Morgan fingerprint density at radius 3 is 2.59 bits per heavy atom. The Morgan fingerprint density at radius 2 is 1.88 bits per heavy atom. The van der Waals surface area contributed by atoms with E-state index in [0.29, 0.717) is 41.7 Å². The predicted molar refractivity (Wildman–Crippen MR) is 151 cm³/mol. The van der Waals surface area contributed by atoms with Crippen LogP contribution in [0.15, 0.2) is 60.7 Å². The first kappa shape index (κ1) is 26.7. The second-order valence-electron chi connectivity index (χ2n) is 10.7. The van der Waals surface area contributed by atoms with Crippen LogP contribution in [0.3, 0.4) is 0 Å². The molecule has 1 aromatic heterocycles. The monoisotopic (exact) mass is 557 g/mol. The summed E-state index contributed by atoms with van der Waals surface area (Å²) in [5, 5.41) is 9.45. The fourth-order valence-electron chi connectivity index (χ4n) is 5.20. The smallest absolute Gasteiger partial charge is 0.335 e. The zero-order valence-corrected chi connectivity index (χ0v) is 22.4. The SMILES string of the molecule is [C-]#[N+]c1ccc(COc2cccc(N3CCN(Cc4nc5ccc(C(=O)O)cc5n4CC4(F)CC4)CC3)c2)c(F)c1. The maximum atomic E-state index is 14.9. The number of nitrogens with zero attached hydrogens (tertiary/aromatic N) is 5. The van der Waals surface area contributed by atoms with E-state index in [2.05, 4.69) is 14.6 Å². The molecule has 0 bridgehead atoms. The second kappa shape index (κ2) is 10.8. The van der Waals surface area contributed by atoms with Gasteiger partial charge < -0.3 is 19.3 Å². The van der Waals surface area contributed by atoms with Gasteiger partial charge in [-0.2, -0.15) is 0 Å². The lowest BCUT2D eigenvalue weighted by molar-refractivity contribution is 0.0697. The first-order valence-electron chi connectivity index (χ1n) is 13.6. The third-order valence-corrected chi connectivity index (χ3v) is 7.79. The van der Waals surface area contributed by atoms with Gasteiger partial charge in [-0.25, -0.2) is 23.4 Å². The molecule has 0 unspecified atom stereocenters. The van der Waals surface area contributed by atoms with E-state index >= 15 is 0 Å². The summed E-state index contributed by atoms with van der Waals surface area (Å²) < 4.78 is 36.8. The van der Waals surface area contributed by atoms with Crippen molar-refractivity contribution >= 4 is 28.4 Å². The van der Waals surface area contributed by atoms with Crippen molar-refractivity contribution < 1.29 is 23.4 Å². The van der Waals surface area contributed by atoms with E-state index in [1.807, 2.05) is 28.8 Å². The highest BCUT2D eigenvalue weighted by Gasteiger charge is 2.44. The van der Waals surface area contributed by atoms with E-state index in [-0.39, 0.29) is 24.4 Å². The predicted octanol–water partition coefficient (Wildman–Crippen LogP) is 5.83. The molecule has 1 N–H and O–H groups in total. The van der Waals surface area contributed by atoms with Crippen molar-refractivity contribution in [3.63, 3.8) is 0 Å². The van der Waals surface area contributed by atoms with Crippen molar-refractivity contribution in [2.24, 2.45) is 0 Å². The summed E-state index contributed by atoms with van der Waals surface area (Å²) in [6.07, 6.45) is 1.02. The Hall–Kier alpha value is -4.49. The maximum absolute atomic E-state index is 14.9. The van der Waals surface area contributed by atoms with Gasteiger partial charge in [0.15, 0.2) is 5.69 Å². The topological polar surface area (TPSA) is 75.2 Å². The van der Waals surface area contributed by atoms with E-state index in [0.717, 1.165) is 37.7 Å². The fourth-order valence-corrected chi connectivity index (χ4v) is 5.20. The lowest BCUT2D eigenvalue weighted by Gasteiger charge is -2.36. The number of aromatic nitrogens is 2. The van der Waals surface area contributed by atoms with Crippen LogP contribution in [-0.4, -0.2) is 57.4 Å². The average Bonchev–Trinajstić information content (AvgIpc) is 3.62. The van der Waals surface area contributed by atoms with Crippen LogP contribution in [-0.2, 0) is 19.7 Å². The van der Waals surface area contributed by atoms with Crippen LogP contribution >= 0.6 is 0 Å². The van der Waals surface area contributed by atoms with Gasteiger partial charge in [0.1, 0.15) is 29.7 Å². The van der Waals surface area contributed by atoms with Gasteiger partial charge in [-0.1, -0.05) is 18.2 Å². The molecule has 1 aliphatic heterocycles. The molecule has 2 aliphatic rings. The van der Waals surface area contributed by atoms with Gasteiger partial charge in [0.2, 0.25) is 0 Å². The van der Waals surface area contributed by atoms with E-state index < -0.39 is 17.5 Å². The van der Waals surface area contributed by atoms with Crippen LogP contribution in [0.5, 0.6) is 5.75 Å². The normalized spacial score (nSPS) is 16.5. The number of anilines is 1. The number of alkyl halides is 1. The Balaban J connectivity index is 1.11. The average molecular weight is 558 g/mol. The second-order valence-corrected chi connectivity index (χ2v) is 10.7. The molecule has 41 heavy (non-hydrogen) atoms. The number of benzene rings is 3. The summed E-state index contributed by atoms with van der Waals surface area (Å²) in [6, 6.07) is 16.9. The molecular weight excluding hydrogens is 528 g/mol. The Kier molecular flexibility index (Phi) is 7.05. The summed E-state index contributed by atoms with van der Waals surface area (Å²) in [6.45, 7) is 10.9. The Morgan fingerprint density at radius 1 is 1.07 bits per heavy atom. The zero-order chi connectivity index (χ0) is 28.6. The minimum absolute atomic E-state index is 0.0659. The van der Waals surface area contributed by atoms with Crippen LogP contribution in [0.1, 0.15) is 34.6 Å². The van der Waals surface area contributed by atoms with Crippen molar-refractivity contribution in [2.75, 3.05) is 31.1 Å². The number of ether oxygens (including phenoxy) is 1. The molecule has 1 saturated heterocycles. The first-order chi connectivity index (χ1) is 19.8. The third kappa shape index (κ3) is 5.86. The van der Waals surface area contributed by atoms with Crippen molar-refractivity contribution in [1.29, 1.82) is 0 Å². The summed E-state index contributed by atoms with van der Waals surface area (Å²) in [7, 11) is 0. The van der Waals surface area contributed by atoms with E-state index in [1.54, 1.807) is 24.3 Å². The lowest BCUT2D eigenvalue weighted by Crippen LogP contribution is -2.46. The molecule has 8 nitrogen and oxygen atoms in total. The van der Waals surface area contributed by atoms with Crippen LogP contribution in [0.25, 0.3) is 15.9 Å². The summed E-state index contributed by atoms with van der Waals surface area (Å²) in [5.41, 5.74) is 1.89. The van der Waals surface area contributed by atoms with Crippen molar-refractivity contribution in [3.05, 3.63) is 94.8 Å². The highest BCUT2D eigenvalue weighted by atomic mass is 19.1.